The van der Waals surface area contributed by atoms with E-state index in [1.807, 2.05) is 37.3 Å². The summed E-state index contributed by atoms with van der Waals surface area (Å²) in [5.41, 5.74) is 3.28. The molecule has 0 aliphatic carbocycles. The summed E-state index contributed by atoms with van der Waals surface area (Å²) in [6.45, 7) is 2.06. The van der Waals surface area contributed by atoms with Crippen molar-refractivity contribution in [2.45, 2.75) is 13.5 Å². The molecule has 0 saturated carbocycles. The molecule has 0 radical (unpaired) electrons. The van der Waals surface area contributed by atoms with Gasteiger partial charge in [0.1, 0.15) is 5.82 Å². The summed E-state index contributed by atoms with van der Waals surface area (Å²) in [6.07, 6.45) is 0. The highest BCUT2D eigenvalue weighted by Crippen LogP contribution is 2.18. The number of rotatable bonds is 4. The zero-order chi connectivity index (χ0) is 19.7. The van der Waals surface area contributed by atoms with Crippen LogP contribution in [-0.2, 0) is 6.54 Å². The molecule has 0 aliphatic heterocycles. The van der Waals surface area contributed by atoms with E-state index >= 15 is 0 Å². The average molecular weight is 396 g/mol. The van der Waals surface area contributed by atoms with Crippen LogP contribution in [-0.4, -0.2) is 25.7 Å². The number of fused-ring (bicyclic) bond motifs is 1. The second-order valence-corrected chi connectivity index (χ2v) is 6.71. The lowest BCUT2D eigenvalue weighted by Gasteiger charge is -2.06. The van der Waals surface area contributed by atoms with Crippen molar-refractivity contribution >= 4 is 23.2 Å². The largest absolute Gasteiger partial charge is 0.345 e. The standard InChI is InChI=1S/C20H15ClFN5O/c1-12-2-4-13(5-3-12)17-8-9-18-24-25-19(27(18)26-17)11-23-20(28)15-10-14(21)6-7-16(15)22/h2-10H,11H2,1H3,(H,23,28). The van der Waals surface area contributed by atoms with Gasteiger partial charge < -0.3 is 5.32 Å². The maximum atomic E-state index is 13.8. The van der Waals surface area contributed by atoms with E-state index in [-0.39, 0.29) is 17.1 Å². The topological polar surface area (TPSA) is 72.2 Å². The third-order valence-corrected chi connectivity index (χ3v) is 4.49. The Hall–Kier alpha value is -3.32. The van der Waals surface area contributed by atoms with Crippen molar-refractivity contribution in [2.24, 2.45) is 0 Å². The van der Waals surface area contributed by atoms with Crippen LogP contribution in [0.25, 0.3) is 16.9 Å². The van der Waals surface area contributed by atoms with Gasteiger partial charge in [0.2, 0.25) is 0 Å². The molecule has 0 saturated heterocycles. The number of hydrogen-bond acceptors (Lipinski definition) is 4. The van der Waals surface area contributed by atoms with Gasteiger partial charge in [0.15, 0.2) is 11.5 Å². The summed E-state index contributed by atoms with van der Waals surface area (Å²) in [5.74, 6) is -0.807. The average Bonchev–Trinajstić information content (AvgIpc) is 3.11. The molecule has 0 spiro atoms. The predicted molar refractivity (Wildman–Crippen MR) is 104 cm³/mol. The third-order valence-electron chi connectivity index (χ3n) is 4.25. The van der Waals surface area contributed by atoms with E-state index in [2.05, 4.69) is 20.6 Å². The van der Waals surface area contributed by atoms with Crippen molar-refractivity contribution in [2.75, 3.05) is 0 Å². The summed E-state index contributed by atoms with van der Waals surface area (Å²) in [7, 11) is 0. The van der Waals surface area contributed by atoms with E-state index in [4.69, 9.17) is 11.6 Å². The van der Waals surface area contributed by atoms with E-state index in [0.29, 0.717) is 11.5 Å². The van der Waals surface area contributed by atoms with Crippen LogP contribution in [0.1, 0.15) is 21.7 Å². The van der Waals surface area contributed by atoms with E-state index in [9.17, 15) is 9.18 Å². The van der Waals surface area contributed by atoms with E-state index < -0.39 is 11.7 Å². The van der Waals surface area contributed by atoms with Crippen LogP contribution in [0.3, 0.4) is 0 Å². The molecular weight excluding hydrogens is 381 g/mol. The summed E-state index contributed by atoms with van der Waals surface area (Å²) in [4.78, 5) is 12.3. The number of amides is 1. The highest BCUT2D eigenvalue weighted by molar-refractivity contribution is 6.31. The molecule has 4 aromatic rings. The Balaban J connectivity index is 1.59. The minimum atomic E-state index is -0.646. The Kier molecular flexibility index (Phi) is 4.75. The fourth-order valence-electron chi connectivity index (χ4n) is 2.75. The molecule has 0 atom stereocenters. The van der Waals surface area contributed by atoms with Crippen molar-refractivity contribution < 1.29 is 9.18 Å². The monoisotopic (exact) mass is 395 g/mol. The van der Waals surface area contributed by atoms with Gasteiger partial charge in [-0.3, -0.25) is 4.79 Å². The number of carbonyl (C=O) groups is 1. The molecule has 8 heteroatoms. The molecule has 0 aliphatic rings. The summed E-state index contributed by atoms with van der Waals surface area (Å²) in [6, 6.07) is 15.5. The molecule has 0 bridgehead atoms. The van der Waals surface area contributed by atoms with Gasteiger partial charge in [0, 0.05) is 10.6 Å². The Morgan fingerprint density at radius 2 is 1.89 bits per heavy atom. The van der Waals surface area contributed by atoms with Crippen LogP contribution < -0.4 is 5.32 Å². The maximum Gasteiger partial charge on any atom is 0.254 e. The lowest BCUT2D eigenvalue weighted by Crippen LogP contribution is -2.25. The summed E-state index contributed by atoms with van der Waals surface area (Å²) in [5, 5.41) is 15.6. The lowest BCUT2D eigenvalue weighted by molar-refractivity contribution is 0.0945. The first-order chi connectivity index (χ1) is 13.5. The number of nitrogens with one attached hydrogen (secondary N) is 1. The normalized spacial score (nSPS) is 11.0. The molecule has 2 heterocycles. The number of halogens is 2. The highest BCUT2D eigenvalue weighted by Gasteiger charge is 2.14. The smallest absolute Gasteiger partial charge is 0.254 e. The first-order valence-electron chi connectivity index (χ1n) is 8.53. The van der Waals surface area contributed by atoms with Gasteiger partial charge >= 0.3 is 0 Å². The molecule has 0 fully saturated rings. The number of benzene rings is 2. The molecule has 2 aromatic carbocycles. The van der Waals surface area contributed by atoms with E-state index in [1.165, 1.54) is 12.1 Å². The highest BCUT2D eigenvalue weighted by atomic mass is 35.5. The Bertz CT molecular complexity index is 1170. The minimum absolute atomic E-state index is 0.0380. The van der Waals surface area contributed by atoms with Crippen molar-refractivity contribution in [3.05, 3.63) is 82.4 Å². The number of hydrogen-bond donors (Lipinski definition) is 1. The third kappa shape index (κ3) is 3.57. The Labute approximate surface area is 165 Å². The molecule has 1 amide bonds. The second kappa shape index (κ2) is 7.36. The maximum absolute atomic E-state index is 13.8. The summed E-state index contributed by atoms with van der Waals surface area (Å²) >= 11 is 5.84. The number of carbonyl (C=O) groups excluding carboxylic acids is 1. The van der Waals surface area contributed by atoms with E-state index in [1.54, 1.807) is 10.6 Å². The summed E-state index contributed by atoms with van der Waals surface area (Å²) < 4.78 is 15.4. The second-order valence-electron chi connectivity index (χ2n) is 6.28. The van der Waals surface area contributed by atoms with Crippen molar-refractivity contribution in [3.63, 3.8) is 0 Å². The van der Waals surface area contributed by atoms with Gasteiger partial charge in [-0.15, -0.1) is 10.2 Å². The molecule has 28 heavy (non-hydrogen) atoms. The van der Waals surface area contributed by atoms with Gasteiger partial charge in [-0.25, -0.2) is 4.39 Å². The molecule has 6 nitrogen and oxygen atoms in total. The zero-order valence-corrected chi connectivity index (χ0v) is 15.6. The van der Waals surface area contributed by atoms with Crippen molar-refractivity contribution in [1.82, 2.24) is 25.1 Å². The first kappa shape index (κ1) is 18.1. The lowest BCUT2D eigenvalue weighted by atomic mass is 10.1. The van der Waals surface area contributed by atoms with Crippen LogP contribution in [0.4, 0.5) is 4.39 Å². The minimum Gasteiger partial charge on any atom is -0.345 e. The van der Waals surface area contributed by atoms with Gasteiger partial charge in [0.05, 0.1) is 17.8 Å². The van der Waals surface area contributed by atoms with Crippen LogP contribution in [0.15, 0.2) is 54.6 Å². The predicted octanol–water partition coefficient (Wildman–Crippen LogP) is 3.82. The van der Waals surface area contributed by atoms with Crippen LogP contribution in [0, 0.1) is 12.7 Å². The van der Waals surface area contributed by atoms with Gasteiger partial charge in [0.25, 0.3) is 5.91 Å². The molecule has 1 N–H and O–H groups in total. The van der Waals surface area contributed by atoms with Crippen LogP contribution in [0.2, 0.25) is 5.02 Å². The van der Waals surface area contributed by atoms with Crippen molar-refractivity contribution in [3.8, 4) is 11.3 Å². The quantitative estimate of drug-likeness (QED) is 0.570. The number of aryl methyl sites for hydroxylation is 1. The van der Waals surface area contributed by atoms with Crippen molar-refractivity contribution in [1.29, 1.82) is 0 Å². The van der Waals surface area contributed by atoms with Gasteiger partial charge in [-0.05, 0) is 37.3 Å². The van der Waals surface area contributed by atoms with Gasteiger partial charge in [-0.2, -0.15) is 9.61 Å². The molecule has 0 unspecified atom stereocenters. The van der Waals surface area contributed by atoms with Gasteiger partial charge in [-0.1, -0.05) is 41.4 Å². The van der Waals surface area contributed by atoms with Crippen LogP contribution >= 0.6 is 11.6 Å². The zero-order valence-electron chi connectivity index (χ0n) is 14.9. The Morgan fingerprint density at radius 3 is 2.68 bits per heavy atom. The molecule has 2 aromatic heterocycles. The number of nitrogens with zero attached hydrogens (tertiary/aromatic N) is 4. The molecule has 140 valence electrons. The fourth-order valence-corrected chi connectivity index (χ4v) is 2.92. The van der Waals surface area contributed by atoms with E-state index in [0.717, 1.165) is 22.9 Å². The first-order valence-corrected chi connectivity index (χ1v) is 8.91. The van der Waals surface area contributed by atoms with Crippen LogP contribution in [0.5, 0.6) is 0 Å². The number of aromatic nitrogens is 4. The Morgan fingerprint density at radius 1 is 1.11 bits per heavy atom. The SMILES string of the molecule is Cc1ccc(-c2ccc3nnc(CNC(=O)c4cc(Cl)ccc4F)n3n2)cc1. The fraction of sp³-hybridized carbons (Fsp3) is 0.100. The molecule has 4 rings (SSSR count). The molecular formula is C20H15ClFN5O.